The Labute approximate surface area is 105 Å². The van der Waals surface area contributed by atoms with Crippen molar-refractivity contribution in [3.05, 3.63) is 0 Å². The van der Waals surface area contributed by atoms with Gasteiger partial charge in [-0.25, -0.2) is 0 Å². The van der Waals surface area contributed by atoms with E-state index in [1.165, 1.54) is 19.3 Å². The molecule has 2 unspecified atom stereocenters. The van der Waals surface area contributed by atoms with Crippen LogP contribution in [0, 0.1) is 5.92 Å². The third-order valence-corrected chi connectivity index (χ3v) is 3.67. The minimum absolute atomic E-state index is 0.0899. The van der Waals surface area contributed by atoms with Gasteiger partial charge in [0.25, 0.3) is 0 Å². The Morgan fingerprint density at radius 2 is 2.25 bits per heavy atom. The van der Waals surface area contributed by atoms with Crippen molar-refractivity contribution in [3.63, 3.8) is 0 Å². The van der Waals surface area contributed by atoms with Crippen LogP contribution in [0.4, 0.5) is 0 Å². The first kappa shape index (κ1) is 14.3. The zero-order valence-electron chi connectivity index (χ0n) is 10.9. The Balaban J connectivity index is 2.11. The van der Waals surface area contributed by atoms with Crippen LogP contribution in [0.15, 0.2) is 0 Å². The first-order chi connectivity index (χ1) is 7.57. The lowest BCUT2D eigenvalue weighted by Crippen LogP contribution is -2.32. The van der Waals surface area contributed by atoms with Gasteiger partial charge in [0.2, 0.25) is 0 Å². The van der Waals surface area contributed by atoms with Crippen molar-refractivity contribution in [2.24, 2.45) is 5.92 Å². The van der Waals surface area contributed by atoms with Gasteiger partial charge in [-0.3, -0.25) is 0 Å². The van der Waals surface area contributed by atoms with E-state index >= 15 is 0 Å². The summed E-state index contributed by atoms with van der Waals surface area (Å²) in [6.45, 7) is 8.64. The molecule has 16 heavy (non-hydrogen) atoms. The van der Waals surface area contributed by atoms with Crippen LogP contribution in [0.5, 0.6) is 0 Å². The Morgan fingerprint density at radius 1 is 1.50 bits per heavy atom. The largest absolute Gasteiger partial charge is 0.371 e. The number of hydrogen-bond acceptors (Lipinski definition) is 2. The molecule has 0 spiro atoms. The molecule has 0 aromatic heterocycles. The van der Waals surface area contributed by atoms with E-state index in [1.54, 1.807) is 0 Å². The van der Waals surface area contributed by atoms with Gasteiger partial charge in [0.15, 0.2) is 0 Å². The van der Waals surface area contributed by atoms with Gasteiger partial charge in [-0.1, -0.05) is 13.3 Å². The highest BCUT2D eigenvalue weighted by Crippen LogP contribution is 2.28. The molecule has 0 saturated carbocycles. The van der Waals surface area contributed by atoms with Gasteiger partial charge >= 0.3 is 0 Å². The molecule has 0 bridgehead atoms. The molecule has 1 rings (SSSR count). The van der Waals surface area contributed by atoms with Gasteiger partial charge in [0.1, 0.15) is 0 Å². The summed E-state index contributed by atoms with van der Waals surface area (Å²) in [5.41, 5.74) is 0.0899. The summed E-state index contributed by atoms with van der Waals surface area (Å²) in [6, 6.07) is 0. The van der Waals surface area contributed by atoms with E-state index in [0.29, 0.717) is 12.0 Å². The van der Waals surface area contributed by atoms with Crippen molar-refractivity contribution in [3.8, 4) is 0 Å². The van der Waals surface area contributed by atoms with Crippen LogP contribution in [-0.2, 0) is 4.74 Å². The Kier molecular flexibility index (Phi) is 6.09. The topological polar surface area (TPSA) is 21.3 Å². The number of hydrogen-bond donors (Lipinski definition) is 1. The summed E-state index contributed by atoms with van der Waals surface area (Å²) in [5.74, 6) is 1.49. The maximum absolute atomic E-state index is 5.94. The molecule has 0 aromatic rings. The Morgan fingerprint density at radius 3 is 2.75 bits per heavy atom. The summed E-state index contributed by atoms with van der Waals surface area (Å²) < 4.78 is 5.94. The molecular formula is C13H26ClNO. The fourth-order valence-corrected chi connectivity index (χ4v) is 2.58. The van der Waals surface area contributed by atoms with Gasteiger partial charge < -0.3 is 10.1 Å². The molecule has 96 valence electrons. The van der Waals surface area contributed by atoms with E-state index in [9.17, 15) is 0 Å². The first-order valence-electron chi connectivity index (χ1n) is 6.52. The molecule has 1 aliphatic heterocycles. The third-order valence-electron chi connectivity index (χ3n) is 3.45. The van der Waals surface area contributed by atoms with Crippen LogP contribution in [0.1, 0.15) is 46.5 Å². The summed E-state index contributed by atoms with van der Waals surface area (Å²) >= 11 is 5.77. The molecule has 1 saturated heterocycles. The molecule has 1 N–H and O–H groups in total. The molecular weight excluding hydrogens is 222 g/mol. The van der Waals surface area contributed by atoms with Gasteiger partial charge in [-0.05, 0) is 45.6 Å². The molecule has 3 heteroatoms. The lowest BCUT2D eigenvalue weighted by atomic mass is 10.0. The van der Waals surface area contributed by atoms with E-state index in [1.807, 2.05) is 0 Å². The normalized spacial score (nSPS) is 25.9. The monoisotopic (exact) mass is 247 g/mol. The highest BCUT2D eigenvalue weighted by molar-refractivity contribution is 6.17. The van der Waals surface area contributed by atoms with Gasteiger partial charge in [-0.15, -0.1) is 11.6 Å². The van der Waals surface area contributed by atoms with Crippen LogP contribution in [0.2, 0.25) is 0 Å². The second-order valence-corrected chi connectivity index (χ2v) is 5.83. The van der Waals surface area contributed by atoms with Gasteiger partial charge in [0, 0.05) is 12.4 Å². The number of nitrogens with one attached hydrogen (secondary N) is 1. The smallest absolute Gasteiger partial charge is 0.0707 e. The number of ether oxygens (including phenoxy) is 1. The molecule has 0 radical (unpaired) electrons. The van der Waals surface area contributed by atoms with Crippen molar-refractivity contribution in [2.75, 3.05) is 19.0 Å². The quantitative estimate of drug-likeness (QED) is 0.698. The van der Waals surface area contributed by atoms with Crippen LogP contribution in [0.3, 0.4) is 0 Å². The average molecular weight is 248 g/mol. The average Bonchev–Trinajstić information content (AvgIpc) is 2.57. The van der Waals surface area contributed by atoms with Crippen molar-refractivity contribution < 1.29 is 4.74 Å². The Bertz CT molecular complexity index is 196. The van der Waals surface area contributed by atoms with E-state index in [4.69, 9.17) is 16.3 Å². The molecule has 1 heterocycles. The number of rotatable bonds is 7. The fourth-order valence-electron chi connectivity index (χ4n) is 2.27. The predicted octanol–water partition coefficient (Wildman–Crippen LogP) is 3.19. The minimum Gasteiger partial charge on any atom is -0.371 e. The fraction of sp³-hybridized carbons (Fsp3) is 1.00. The Hall–Kier alpha value is 0.210. The molecule has 0 aliphatic carbocycles. The highest BCUT2D eigenvalue weighted by Gasteiger charge is 2.31. The third kappa shape index (κ3) is 5.03. The summed E-state index contributed by atoms with van der Waals surface area (Å²) in [6.07, 6.45) is 5.09. The highest BCUT2D eigenvalue weighted by atomic mass is 35.5. The maximum Gasteiger partial charge on any atom is 0.0707 e. The number of alkyl halides is 1. The van der Waals surface area contributed by atoms with Crippen LogP contribution in [0.25, 0.3) is 0 Å². The van der Waals surface area contributed by atoms with Crippen molar-refractivity contribution in [1.29, 1.82) is 0 Å². The standard InChI is InChI=1S/C13H26ClNO/c1-4-11(6-8-14)9-15-10-12-5-7-13(2,3)16-12/h11-12,15H,4-10H2,1-3H3. The van der Waals surface area contributed by atoms with Crippen molar-refractivity contribution in [1.82, 2.24) is 5.32 Å². The van der Waals surface area contributed by atoms with Gasteiger partial charge in [-0.2, -0.15) is 0 Å². The predicted molar refractivity (Wildman–Crippen MR) is 70.2 cm³/mol. The maximum atomic E-state index is 5.94. The van der Waals surface area contributed by atoms with E-state index in [2.05, 4.69) is 26.1 Å². The van der Waals surface area contributed by atoms with Crippen LogP contribution >= 0.6 is 11.6 Å². The first-order valence-corrected chi connectivity index (χ1v) is 7.05. The summed E-state index contributed by atoms with van der Waals surface area (Å²) in [7, 11) is 0. The number of halogens is 1. The van der Waals surface area contributed by atoms with Crippen molar-refractivity contribution in [2.45, 2.75) is 58.2 Å². The van der Waals surface area contributed by atoms with Gasteiger partial charge in [0.05, 0.1) is 11.7 Å². The zero-order chi connectivity index (χ0) is 12.0. The van der Waals surface area contributed by atoms with E-state index in [0.717, 1.165) is 25.4 Å². The SMILES string of the molecule is CCC(CCCl)CNCC1CCC(C)(C)O1. The van der Waals surface area contributed by atoms with Crippen molar-refractivity contribution >= 4 is 11.6 Å². The molecule has 2 nitrogen and oxygen atoms in total. The second kappa shape index (κ2) is 6.83. The van der Waals surface area contributed by atoms with E-state index in [-0.39, 0.29) is 5.60 Å². The molecule has 1 aliphatic rings. The lowest BCUT2D eigenvalue weighted by molar-refractivity contribution is -0.0144. The molecule has 1 fully saturated rings. The summed E-state index contributed by atoms with van der Waals surface area (Å²) in [5, 5.41) is 3.52. The minimum atomic E-state index is 0.0899. The second-order valence-electron chi connectivity index (χ2n) is 5.45. The van der Waals surface area contributed by atoms with E-state index < -0.39 is 0 Å². The zero-order valence-corrected chi connectivity index (χ0v) is 11.6. The molecule has 0 amide bonds. The van der Waals surface area contributed by atoms with Crippen LogP contribution in [-0.4, -0.2) is 30.7 Å². The molecule has 0 aromatic carbocycles. The summed E-state index contributed by atoms with van der Waals surface area (Å²) in [4.78, 5) is 0. The van der Waals surface area contributed by atoms with Crippen LogP contribution < -0.4 is 5.32 Å². The molecule has 2 atom stereocenters. The lowest BCUT2D eigenvalue weighted by Gasteiger charge is -2.20.